The molecular weight excluding hydrogens is 316 g/mol. The molecule has 2 aromatic rings. The quantitative estimate of drug-likeness (QED) is 0.599. The maximum Gasteiger partial charge on any atom is 0.273 e. The van der Waals surface area contributed by atoms with E-state index in [0.717, 1.165) is 0 Å². The van der Waals surface area contributed by atoms with Gasteiger partial charge in [0.1, 0.15) is 5.75 Å². The Morgan fingerprint density at radius 3 is 2.17 bits per heavy atom. The van der Waals surface area contributed by atoms with Gasteiger partial charge in [-0.1, -0.05) is 36.4 Å². The Hall–Kier alpha value is -2.41. The first-order valence-electron chi connectivity index (χ1n) is 7.12. The van der Waals surface area contributed by atoms with Crippen molar-refractivity contribution in [2.45, 2.75) is 25.6 Å². The molecule has 2 aromatic carbocycles. The van der Waals surface area contributed by atoms with Crippen LogP contribution < -0.4 is 4.31 Å². The fraction of sp³-hybridized carbons (Fsp3) is 0.250. The molecule has 0 aliphatic rings. The van der Waals surface area contributed by atoms with Gasteiger partial charge in [0.05, 0.1) is 10.6 Å². The van der Waals surface area contributed by atoms with Crippen molar-refractivity contribution < 1.29 is 13.3 Å². The van der Waals surface area contributed by atoms with Crippen molar-refractivity contribution in [1.82, 2.24) is 0 Å². The maximum absolute atomic E-state index is 12.8. The standard InChI is InChI=1S/C16H18N2O4S/c1-13(2)17(15-9-4-3-5-10-15)23(21,22)12-14-8-6-7-11-16(14)18(19)20/h3-11,13H,12H2,1-2H3. The van der Waals surface area contributed by atoms with Crippen molar-refractivity contribution in [3.8, 4) is 0 Å². The molecule has 0 aliphatic carbocycles. The highest BCUT2D eigenvalue weighted by Crippen LogP contribution is 2.26. The van der Waals surface area contributed by atoms with E-state index in [1.807, 2.05) is 0 Å². The molecule has 7 heteroatoms. The van der Waals surface area contributed by atoms with Gasteiger partial charge < -0.3 is 0 Å². The number of hydrogen-bond acceptors (Lipinski definition) is 4. The SMILES string of the molecule is CC(C)N(c1ccccc1)S(=O)(=O)Cc1ccccc1[N+](=O)[O-]. The Kier molecular flexibility index (Phi) is 5.00. The molecule has 0 atom stereocenters. The van der Waals surface area contributed by atoms with Gasteiger partial charge in [-0.05, 0) is 26.0 Å². The first-order chi connectivity index (χ1) is 10.8. The van der Waals surface area contributed by atoms with E-state index in [-0.39, 0.29) is 17.3 Å². The first-order valence-corrected chi connectivity index (χ1v) is 8.73. The molecule has 0 radical (unpaired) electrons. The van der Waals surface area contributed by atoms with Gasteiger partial charge in [0.2, 0.25) is 10.0 Å². The summed E-state index contributed by atoms with van der Waals surface area (Å²) in [5.74, 6) is -0.419. The summed E-state index contributed by atoms with van der Waals surface area (Å²) in [5.41, 5.74) is 0.535. The smallest absolute Gasteiger partial charge is 0.267 e. The number of nitro benzene ring substituents is 1. The van der Waals surface area contributed by atoms with Crippen LogP contribution in [0.4, 0.5) is 11.4 Å². The summed E-state index contributed by atoms with van der Waals surface area (Å²) in [7, 11) is -3.75. The van der Waals surface area contributed by atoms with Crippen LogP contribution in [-0.2, 0) is 15.8 Å². The zero-order chi connectivity index (χ0) is 17.0. The summed E-state index contributed by atoms with van der Waals surface area (Å²) < 4.78 is 26.9. The minimum atomic E-state index is -3.75. The third-order valence-corrected chi connectivity index (χ3v) is 5.21. The molecule has 0 fully saturated rings. The van der Waals surface area contributed by atoms with Crippen LogP contribution in [0.25, 0.3) is 0 Å². The molecule has 0 bridgehead atoms. The monoisotopic (exact) mass is 334 g/mol. The van der Waals surface area contributed by atoms with Crippen LogP contribution in [0.3, 0.4) is 0 Å². The van der Waals surface area contributed by atoms with Crippen molar-refractivity contribution in [3.05, 3.63) is 70.3 Å². The largest absolute Gasteiger partial charge is 0.273 e. The Morgan fingerprint density at radius 2 is 1.61 bits per heavy atom. The van der Waals surface area contributed by atoms with E-state index in [1.54, 1.807) is 50.2 Å². The minimum Gasteiger partial charge on any atom is -0.267 e. The van der Waals surface area contributed by atoms with Gasteiger partial charge in [0, 0.05) is 17.7 Å². The third-order valence-electron chi connectivity index (χ3n) is 3.31. The molecule has 0 heterocycles. The lowest BCUT2D eigenvalue weighted by atomic mass is 10.2. The van der Waals surface area contributed by atoms with Crippen LogP contribution in [0.5, 0.6) is 0 Å². The number of nitro groups is 1. The molecule has 122 valence electrons. The van der Waals surface area contributed by atoms with E-state index in [1.165, 1.54) is 22.5 Å². The number of sulfonamides is 1. The summed E-state index contributed by atoms with van der Waals surface area (Å²) >= 11 is 0. The molecule has 0 unspecified atom stereocenters. The first kappa shape index (κ1) is 17.0. The predicted molar refractivity (Wildman–Crippen MR) is 89.8 cm³/mol. The van der Waals surface area contributed by atoms with Gasteiger partial charge in [0.25, 0.3) is 5.69 Å². The topological polar surface area (TPSA) is 80.5 Å². The van der Waals surface area contributed by atoms with E-state index >= 15 is 0 Å². The Bertz CT molecular complexity index is 789. The number of benzene rings is 2. The summed E-state index contributed by atoms with van der Waals surface area (Å²) in [5, 5.41) is 11.1. The van der Waals surface area contributed by atoms with E-state index in [0.29, 0.717) is 5.69 Å². The van der Waals surface area contributed by atoms with E-state index in [2.05, 4.69) is 0 Å². The van der Waals surface area contributed by atoms with Crippen molar-refractivity contribution >= 4 is 21.4 Å². The third kappa shape index (κ3) is 3.87. The maximum atomic E-state index is 12.8. The van der Waals surface area contributed by atoms with Crippen LogP contribution in [0.15, 0.2) is 54.6 Å². The second-order valence-electron chi connectivity index (χ2n) is 5.37. The number of rotatable bonds is 6. The molecule has 0 saturated carbocycles. The highest BCUT2D eigenvalue weighted by Gasteiger charge is 2.28. The number of anilines is 1. The fourth-order valence-corrected chi connectivity index (χ4v) is 4.29. The van der Waals surface area contributed by atoms with E-state index in [4.69, 9.17) is 0 Å². The summed E-state index contributed by atoms with van der Waals surface area (Å²) in [4.78, 5) is 10.5. The molecule has 6 nitrogen and oxygen atoms in total. The van der Waals surface area contributed by atoms with Crippen LogP contribution in [0.2, 0.25) is 0 Å². The summed E-state index contributed by atoms with van der Waals surface area (Å²) in [6, 6.07) is 14.3. The zero-order valence-electron chi connectivity index (χ0n) is 12.9. The van der Waals surface area contributed by atoms with Crippen molar-refractivity contribution in [2.75, 3.05) is 4.31 Å². The number of hydrogen-bond donors (Lipinski definition) is 0. The average Bonchev–Trinajstić information content (AvgIpc) is 2.47. The van der Waals surface area contributed by atoms with E-state index in [9.17, 15) is 18.5 Å². The van der Waals surface area contributed by atoms with Gasteiger partial charge >= 0.3 is 0 Å². The lowest BCUT2D eigenvalue weighted by molar-refractivity contribution is -0.385. The van der Waals surface area contributed by atoms with Crippen molar-refractivity contribution in [2.24, 2.45) is 0 Å². The van der Waals surface area contributed by atoms with Gasteiger partial charge in [-0.2, -0.15) is 0 Å². The normalized spacial score (nSPS) is 11.4. The van der Waals surface area contributed by atoms with Crippen molar-refractivity contribution in [3.63, 3.8) is 0 Å². The van der Waals surface area contributed by atoms with Crippen LogP contribution >= 0.6 is 0 Å². The predicted octanol–water partition coefficient (Wildman–Crippen LogP) is 3.34. The highest BCUT2D eigenvalue weighted by molar-refractivity contribution is 7.92. The second kappa shape index (κ2) is 6.78. The minimum absolute atomic E-state index is 0.180. The number of para-hydroxylation sites is 2. The molecular formula is C16H18N2O4S. The molecule has 0 aromatic heterocycles. The highest BCUT2D eigenvalue weighted by atomic mass is 32.2. The molecule has 2 rings (SSSR count). The molecule has 0 aliphatic heterocycles. The van der Waals surface area contributed by atoms with Gasteiger partial charge in [-0.25, -0.2) is 8.42 Å². The second-order valence-corrected chi connectivity index (χ2v) is 7.21. The fourth-order valence-electron chi connectivity index (χ4n) is 2.43. The van der Waals surface area contributed by atoms with Gasteiger partial charge in [-0.3, -0.25) is 14.4 Å². The molecule has 0 N–H and O–H groups in total. The Labute approximate surface area is 135 Å². The molecule has 23 heavy (non-hydrogen) atoms. The molecule has 0 amide bonds. The molecule has 0 saturated heterocycles. The number of nitrogens with zero attached hydrogens (tertiary/aromatic N) is 2. The lowest BCUT2D eigenvalue weighted by Crippen LogP contribution is -2.37. The van der Waals surface area contributed by atoms with Crippen molar-refractivity contribution in [1.29, 1.82) is 0 Å². The lowest BCUT2D eigenvalue weighted by Gasteiger charge is -2.28. The van der Waals surface area contributed by atoms with E-state index < -0.39 is 20.7 Å². The summed E-state index contributed by atoms with van der Waals surface area (Å²) in [6.07, 6.45) is 0. The Balaban J connectivity index is 2.43. The Morgan fingerprint density at radius 1 is 1.04 bits per heavy atom. The van der Waals surface area contributed by atoms with Crippen LogP contribution in [0, 0.1) is 10.1 Å². The van der Waals surface area contributed by atoms with Crippen LogP contribution in [0.1, 0.15) is 19.4 Å². The average molecular weight is 334 g/mol. The van der Waals surface area contributed by atoms with Gasteiger partial charge in [0.15, 0.2) is 0 Å². The zero-order valence-corrected chi connectivity index (χ0v) is 13.7. The molecule has 0 spiro atoms. The van der Waals surface area contributed by atoms with Gasteiger partial charge in [-0.15, -0.1) is 0 Å². The van der Waals surface area contributed by atoms with Crippen LogP contribution in [-0.4, -0.2) is 19.4 Å². The summed E-state index contributed by atoms with van der Waals surface area (Å²) in [6.45, 7) is 3.54.